The second kappa shape index (κ2) is 8.95. The second-order valence-electron chi connectivity index (χ2n) is 8.33. The van der Waals surface area contributed by atoms with Crippen LogP contribution in [0.3, 0.4) is 0 Å². The van der Waals surface area contributed by atoms with E-state index in [0.717, 1.165) is 17.7 Å². The van der Waals surface area contributed by atoms with Crippen molar-refractivity contribution in [2.24, 2.45) is 5.92 Å². The fourth-order valence-corrected chi connectivity index (χ4v) is 4.73. The van der Waals surface area contributed by atoms with E-state index in [9.17, 15) is 10.1 Å². The molecule has 2 aliphatic rings. The van der Waals surface area contributed by atoms with E-state index in [0.29, 0.717) is 48.2 Å². The predicted molar refractivity (Wildman–Crippen MR) is 126 cm³/mol. The van der Waals surface area contributed by atoms with E-state index in [-0.39, 0.29) is 22.3 Å². The second-order valence-corrected chi connectivity index (χ2v) is 8.71. The Hall–Kier alpha value is -3.64. The standard InChI is InChI=1S/C24H21ClFN5O3/c1-12-16(10-30-23-22(12)28-5-6-33-23)15-7-14-8-19(29-11-17(14)20(25)21(15)26)31-24(32)34-18-4-2-3-13(18)9-27/h7-8,10-11,13,18,28H,2-6H2,1H3,(H,29,31,32)/t13-,18+/m0/s1. The Morgan fingerprint density at radius 2 is 2.18 bits per heavy atom. The number of benzene rings is 1. The molecule has 34 heavy (non-hydrogen) atoms. The van der Waals surface area contributed by atoms with Crippen molar-refractivity contribution in [2.75, 3.05) is 23.8 Å². The summed E-state index contributed by atoms with van der Waals surface area (Å²) in [5.41, 5.74) is 2.37. The number of amides is 1. The average Bonchev–Trinajstić information content (AvgIpc) is 3.29. The quantitative estimate of drug-likeness (QED) is 0.512. The van der Waals surface area contributed by atoms with Crippen molar-refractivity contribution >= 4 is 40.0 Å². The molecule has 1 aliphatic carbocycles. The van der Waals surface area contributed by atoms with Crippen molar-refractivity contribution in [3.05, 3.63) is 40.9 Å². The van der Waals surface area contributed by atoms with Crippen molar-refractivity contribution in [3.63, 3.8) is 0 Å². The molecule has 8 nitrogen and oxygen atoms in total. The molecule has 0 spiro atoms. The topological polar surface area (TPSA) is 109 Å². The lowest BCUT2D eigenvalue weighted by atomic mass is 9.98. The van der Waals surface area contributed by atoms with Crippen LogP contribution in [0.5, 0.6) is 5.88 Å². The zero-order valence-corrected chi connectivity index (χ0v) is 19.1. The van der Waals surface area contributed by atoms with Gasteiger partial charge >= 0.3 is 6.09 Å². The number of rotatable bonds is 3. The molecular weight excluding hydrogens is 461 g/mol. The Kier molecular flexibility index (Phi) is 5.84. The Morgan fingerprint density at radius 1 is 1.32 bits per heavy atom. The van der Waals surface area contributed by atoms with Gasteiger partial charge in [0.15, 0.2) is 0 Å². The molecule has 0 bridgehead atoms. The smallest absolute Gasteiger partial charge is 0.413 e. The van der Waals surface area contributed by atoms with Crippen LogP contribution in [0.4, 0.5) is 20.7 Å². The fourth-order valence-electron chi connectivity index (χ4n) is 4.47. The predicted octanol–water partition coefficient (Wildman–Crippen LogP) is 5.44. The first-order valence-corrected chi connectivity index (χ1v) is 11.4. The third-order valence-corrected chi connectivity index (χ3v) is 6.61. The third kappa shape index (κ3) is 3.94. The van der Waals surface area contributed by atoms with Gasteiger partial charge in [-0.15, -0.1) is 0 Å². The van der Waals surface area contributed by atoms with Gasteiger partial charge in [0.2, 0.25) is 5.88 Å². The van der Waals surface area contributed by atoms with Crippen molar-refractivity contribution < 1.29 is 18.7 Å². The number of fused-ring (bicyclic) bond motifs is 2. The first kappa shape index (κ1) is 22.2. The van der Waals surface area contributed by atoms with Gasteiger partial charge in [0, 0.05) is 35.5 Å². The number of ether oxygens (including phenoxy) is 2. The van der Waals surface area contributed by atoms with E-state index < -0.39 is 18.0 Å². The highest BCUT2D eigenvalue weighted by Crippen LogP contribution is 2.40. The van der Waals surface area contributed by atoms with Gasteiger partial charge in [-0.3, -0.25) is 5.32 Å². The minimum Gasteiger partial charge on any atom is -0.474 e. The van der Waals surface area contributed by atoms with Gasteiger partial charge in [0.05, 0.1) is 17.0 Å². The Labute approximate surface area is 200 Å². The summed E-state index contributed by atoms with van der Waals surface area (Å²) in [6, 6.07) is 5.43. The van der Waals surface area contributed by atoms with E-state index in [2.05, 4.69) is 26.7 Å². The summed E-state index contributed by atoms with van der Waals surface area (Å²) in [5, 5.41) is 15.9. The number of nitriles is 1. The number of carbonyl (C=O) groups is 1. The van der Waals surface area contributed by atoms with Crippen molar-refractivity contribution in [1.29, 1.82) is 5.26 Å². The summed E-state index contributed by atoms with van der Waals surface area (Å²) in [5.74, 6) is -0.169. The third-order valence-electron chi connectivity index (χ3n) is 6.24. The lowest BCUT2D eigenvalue weighted by Gasteiger charge is -2.22. The van der Waals surface area contributed by atoms with Crippen LogP contribution in [0.15, 0.2) is 24.5 Å². The summed E-state index contributed by atoms with van der Waals surface area (Å²) >= 11 is 6.36. The normalized spacial score (nSPS) is 19.0. The fraction of sp³-hybridized carbons (Fsp3) is 0.333. The molecule has 3 heterocycles. The highest BCUT2D eigenvalue weighted by atomic mass is 35.5. The van der Waals surface area contributed by atoms with Crippen LogP contribution in [-0.4, -0.2) is 35.3 Å². The van der Waals surface area contributed by atoms with Crippen LogP contribution in [0, 0.1) is 30.0 Å². The van der Waals surface area contributed by atoms with Crippen molar-refractivity contribution in [2.45, 2.75) is 32.3 Å². The molecule has 5 rings (SSSR count). The first-order valence-electron chi connectivity index (χ1n) is 11.0. The van der Waals surface area contributed by atoms with Gasteiger partial charge < -0.3 is 14.8 Å². The van der Waals surface area contributed by atoms with E-state index in [1.165, 1.54) is 6.20 Å². The molecule has 2 aromatic heterocycles. The maximum atomic E-state index is 15.3. The lowest BCUT2D eigenvalue weighted by Crippen LogP contribution is -2.25. The van der Waals surface area contributed by atoms with Crippen molar-refractivity contribution in [3.8, 4) is 23.1 Å². The number of carbonyl (C=O) groups excluding carboxylic acids is 1. The maximum Gasteiger partial charge on any atom is 0.413 e. The number of aromatic nitrogens is 2. The summed E-state index contributed by atoms with van der Waals surface area (Å²) in [6.45, 7) is 3.01. The van der Waals surface area contributed by atoms with Gasteiger partial charge in [0.1, 0.15) is 30.0 Å². The molecule has 1 aliphatic heterocycles. The number of pyridine rings is 2. The van der Waals surface area contributed by atoms with Gasteiger partial charge in [0.25, 0.3) is 0 Å². The number of hydrogen-bond donors (Lipinski definition) is 2. The first-order chi connectivity index (χ1) is 16.5. The van der Waals surface area contributed by atoms with Crippen LogP contribution >= 0.6 is 11.6 Å². The van der Waals surface area contributed by atoms with E-state index in [1.807, 2.05) is 6.92 Å². The largest absolute Gasteiger partial charge is 0.474 e. The van der Waals surface area contributed by atoms with Crippen LogP contribution in [-0.2, 0) is 4.74 Å². The van der Waals surface area contributed by atoms with Crippen LogP contribution in [0.2, 0.25) is 5.02 Å². The molecule has 1 saturated carbocycles. The number of hydrogen-bond acceptors (Lipinski definition) is 7. The van der Waals surface area contributed by atoms with E-state index in [1.54, 1.807) is 18.3 Å². The molecule has 2 atom stereocenters. The molecule has 0 radical (unpaired) electrons. The molecule has 3 aromatic rings. The molecule has 0 saturated heterocycles. The van der Waals surface area contributed by atoms with E-state index in [4.69, 9.17) is 21.1 Å². The average molecular weight is 482 g/mol. The summed E-state index contributed by atoms with van der Waals surface area (Å²) in [6.07, 6.45) is 4.06. The zero-order valence-electron chi connectivity index (χ0n) is 18.3. The molecule has 1 amide bonds. The van der Waals surface area contributed by atoms with Gasteiger partial charge in [-0.05, 0) is 49.3 Å². The number of nitrogens with one attached hydrogen (secondary N) is 2. The van der Waals surface area contributed by atoms with Gasteiger partial charge in [-0.1, -0.05) is 11.6 Å². The summed E-state index contributed by atoms with van der Waals surface area (Å²) < 4.78 is 26.3. The van der Waals surface area contributed by atoms with Gasteiger partial charge in [-0.2, -0.15) is 5.26 Å². The maximum absolute atomic E-state index is 15.3. The zero-order chi connectivity index (χ0) is 23.8. The van der Waals surface area contributed by atoms with Crippen LogP contribution < -0.4 is 15.4 Å². The molecule has 1 aromatic carbocycles. The van der Waals surface area contributed by atoms with Crippen LogP contribution in [0.25, 0.3) is 21.9 Å². The Bertz CT molecular complexity index is 1340. The Balaban J connectivity index is 1.47. The monoisotopic (exact) mass is 481 g/mol. The highest BCUT2D eigenvalue weighted by molar-refractivity contribution is 6.36. The minimum atomic E-state index is -0.687. The highest BCUT2D eigenvalue weighted by Gasteiger charge is 2.30. The molecule has 0 unspecified atom stereocenters. The number of nitrogens with zero attached hydrogens (tertiary/aromatic N) is 3. The lowest BCUT2D eigenvalue weighted by molar-refractivity contribution is 0.0999. The SMILES string of the molecule is Cc1c(-c2cc3cc(NC(=O)O[C@@H]4CCC[C@H]4C#N)ncc3c(Cl)c2F)cnc2c1NCCO2. The summed E-state index contributed by atoms with van der Waals surface area (Å²) in [7, 11) is 0. The number of halogens is 2. The summed E-state index contributed by atoms with van der Waals surface area (Å²) in [4.78, 5) is 20.9. The van der Waals surface area contributed by atoms with Crippen LogP contribution in [0.1, 0.15) is 24.8 Å². The molecule has 174 valence electrons. The molecule has 2 N–H and O–H groups in total. The molecule has 1 fully saturated rings. The van der Waals surface area contributed by atoms with E-state index >= 15 is 4.39 Å². The van der Waals surface area contributed by atoms with Gasteiger partial charge in [-0.25, -0.2) is 19.2 Å². The molecular formula is C24H21ClFN5O3. The minimum absolute atomic E-state index is 0.0710. The Morgan fingerprint density at radius 3 is 3.00 bits per heavy atom. The number of anilines is 2. The van der Waals surface area contributed by atoms with Crippen molar-refractivity contribution in [1.82, 2.24) is 9.97 Å². The molecule has 10 heteroatoms.